The van der Waals surface area contributed by atoms with Crippen LogP contribution in [-0.4, -0.2) is 26.3 Å². The second-order valence-corrected chi connectivity index (χ2v) is 4.89. The van der Waals surface area contributed by atoms with E-state index in [0.717, 1.165) is 29.1 Å². The molecule has 2 heterocycles. The van der Waals surface area contributed by atoms with Crippen LogP contribution in [0.3, 0.4) is 0 Å². The zero-order valence-electron chi connectivity index (χ0n) is 10.8. The first kappa shape index (κ1) is 13.0. The minimum Gasteiger partial charge on any atom is -0.313 e. The van der Waals surface area contributed by atoms with Gasteiger partial charge in [-0.1, -0.05) is 13.0 Å². The van der Waals surface area contributed by atoms with Gasteiger partial charge in [0.15, 0.2) is 5.16 Å². The molecule has 0 aliphatic carbocycles. The Morgan fingerprint density at radius 2 is 2.22 bits per heavy atom. The van der Waals surface area contributed by atoms with Crippen molar-refractivity contribution >= 4 is 11.8 Å². The smallest absolute Gasteiger partial charge is 0.197 e. The molecule has 2 aromatic rings. The molecule has 0 radical (unpaired) electrons. The molecule has 0 saturated carbocycles. The average Bonchev–Trinajstić information content (AvgIpc) is 2.70. The summed E-state index contributed by atoms with van der Waals surface area (Å²) in [7, 11) is 1.96. The molecule has 0 saturated heterocycles. The Morgan fingerprint density at radius 3 is 2.89 bits per heavy atom. The van der Waals surface area contributed by atoms with Gasteiger partial charge in [0.1, 0.15) is 10.9 Å². The van der Waals surface area contributed by atoms with E-state index in [2.05, 4.69) is 33.5 Å². The van der Waals surface area contributed by atoms with E-state index >= 15 is 0 Å². The minimum atomic E-state index is 0.823. The first-order chi connectivity index (χ1) is 8.72. The molecule has 18 heavy (non-hydrogen) atoms. The fourth-order valence-electron chi connectivity index (χ4n) is 1.47. The Bertz CT molecular complexity index is 523. The molecule has 0 atom stereocenters. The Hall–Kier alpha value is -1.40. The molecular weight excluding hydrogens is 246 g/mol. The highest BCUT2D eigenvalue weighted by atomic mass is 32.2. The van der Waals surface area contributed by atoms with Crippen molar-refractivity contribution in [2.75, 3.05) is 6.54 Å². The molecule has 0 bridgehead atoms. The molecule has 0 unspecified atom stereocenters. The number of nitrogens with zero attached hydrogens (tertiary/aromatic N) is 4. The van der Waals surface area contributed by atoms with Crippen LogP contribution >= 0.6 is 11.8 Å². The lowest BCUT2D eigenvalue weighted by Gasteiger charge is -2.07. The molecule has 96 valence electrons. The van der Waals surface area contributed by atoms with Crippen molar-refractivity contribution < 1.29 is 0 Å². The van der Waals surface area contributed by atoms with Crippen LogP contribution in [-0.2, 0) is 13.6 Å². The zero-order valence-corrected chi connectivity index (χ0v) is 11.7. The van der Waals surface area contributed by atoms with E-state index in [1.54, 1.807) is 18.0 Å². The standard InChI is InChI=1S/C12H17N5S/c1-4-13-8-10-6-5-7-14-11(10)18-12-16-15-9(2)17(12)3/h5-7,13H,4,8H2,1-3H3. The molecule has 0 spiro atoms. The minimum absolute atomic E-state index is 0.823. The van der Waals surface area contributed by atoms with E-state index in [4.69, 9.17) is 0 Å². The van der Waals surface area contributed by atoms with Crippen molar-refractivity contribution in [1.29, 1.82) is 0 Å². The third kappa shape index (κ3) is 2.88. The average molecular weight is 263 g/mol. The van der Waals surface area contributed by atoms with E-state index in [-0.39, 0.29) is 0 Å². The Labute approximate surface area is 111 Å². The number of rotatable bonds is 5. The van der Waals surface area contributed by atoms with Gasteiger partial charge in [-0.05, 0) is 36.9 Å². The van der Waals surface area contributed by atoms with Crippen molar-refractivity contribution in [2.24, 2.45) is 7.05 Å². The quantitative estimate of drug-likeness (QED) is 0.891. The topological polar surface area (TPSA) is 55.6 Å². The van der Waals surface area contributed by atoms with Crippen LogP contribution in [0.4, 0.5) is 0 Å². The van der Waals surface area contributed by atoms with Crippen LogP contribution in [0.2, 0.25) is 0 Å². The zero-order chi connectivity index (χ0) is 13.0. The summed E-state index contributed by atoms with van der Waals surface area (Å²) < 4.78 is 1.97. The molecular formula is C12H17N5S. The highest BCUT2D eigenvalue weighted by Gasteiger charge is 2.10. The van der Waals surface area contributed by atoms with E-state index in [1.807, 2.05) is 24.6 Å². The maximum Gasteiger partial charge on any atom is 0.197 e. The molecule has 1 N–H and O–H groups in total. The lowest BCUT2D eigenvalue weighted by atomic mass is 10.3. The Balaban J connectivity index is 2.20. The van der Waals surface area contributed by atoms with Crippen molar-refractivity contribution in [2.45, 2.75) is 30.6 Å². The fourth-order valence-corrected chi connectivity index (χ4v) is 2.38. The number of nitrogens with one attached hydrogen (secondary N) is 1. The number of pyridine rings is 1. The van der Waals surface area contributed by atoms with Crippen molar-refractivity contribution in [1.82, 2.24) is 25.1 Å². The summed E-state index contributed by atoms with van der Waals surface area (Å²) in [6.45, 7) is 5.80. The lowest BCUT2D eigenvalue weighted by molar-refractivity contribution is 0.709. The second kappa shape index (κ2) is 5.97. The first-order valence-electron chi connectivity index (χ1n) is 5.90. The van der Waals surface area contributed by atoms with Gasteiger partial charge in [0, 0.05) is 19.8 Å². The maximum atomic E-state index is 4.42. The summed E-state index contributed by atoms with van der Waals surface area (Å²) in [6.07, 6.45) is 1.81. The van der Waals surface area contributed by atoms with Gasteiger partial charge in [-0.25, -0.2) is 4.98 Å². The third-order valence-corrected chi connectivity index (χ3v) is 3.76. The van der Waals surface area contributed by atoms with Gasteiger partial charge in [0.25, 0.3) is 0 Å². The lowest BCUT2D eigenvalue weighted by Crippen LogP contribution is -2.12. The summed E-state index contributed by atoms with van der Waals surface area (Å²) in [4.78, 5) is 4.42. The molecule has 0 aliphatic rings. The monoisotopic (exact) mass is 263 g/mol. The van der Waals surface area contributed by atoms with Crippen LogP contribution in [0.15, 0.2) is 28.5 Å². The Morgan fingerprint density at radius 1 is 1.39 bits per heavy atom. The van der Waals surface area contributed by atoms with E-state index in [1.165, 1.54) is 5.56 Å². The van der Waals surface area contributed by atoms with Crippen LogP contribution in [0.25, 0.3) is 0 Å². The normalized spacial score (nSPS) is 10.8. The summed E-state index contributed by atoms with van der Waals surface area (Å²) in [6, 6.07) is 4.04. The van der Waals surface area contributed by atoms with Crippen LogP contribution in [0, 0.1) is 6.92 Å². The molecule has 2 aromatic heterocycles. The van der Waals surface area contributed by atoms with Gasteiger partial charge in [-0.3, -0.25) is 0 Å². The van der Waals surface area contributed by atoms with Gasteiger partial charge in [0.2, 0.25) is 0 Å². The van der Waals surface area contributed by atoms with E-state index < -0.39 is 0 Å². The summed E-state index contributed by atoms with van der Waals surface area (Å²) in [5.74, 6) is 0.904. The molecule has 5 nitrogen and oxygen atoms in total. The van der Waals surface area contributed by atoms with Crippen LogP contribution < -0.4 is 5.32 Å². The van der Waals surface area contributed by atoms with Crippen LogP contribution in [0.1, 0.15) is 18.3 Å². The van der Waals surface area contributed by atoms with Crippen molar-refractivity contribution in [3.8, 4) is 0 Å². The summed E-state index contributed by atoms with van der Waals surface area (Å²) in [5, 5.41) is 13.4. The highest BCUT2D eigenvalue weighted by Crippen LogP contribution is 2.26. The van der Waals surface area contributed by atoms with Gasteiger partial charge < -0.3 is 9.88 Å². The van der Waals surface area contributed by atoms with Gasteiger partial charge in [0.05, 0.1) is 0 Å². The summed E-state index contributed by atoms with van der Waals surface area (Å²) in [5.41, 5.74) is 1.19. The predicted octanol–water partition coefficient (Wildman–Crippen LogP) is 1.78. The number of aryl methyl sites for hydroxylation is 1. The number of aromatic nitrogens is 4. The van der Waals surface area contributed by atoms with E-state index in [9.17, 15) is 0 Å². The third-order valence-electron chi connectivity index (χ3n) is 2.66. The van der Waals surface area contributed by atoms with Gasteiger partial charge in [-0.15, -0.1) is 10.2 Å². The van der Waals surface area contributed by atoms with Crippen LogP contribution in [0.5, 0.6) is 0 Å². The molecule has 0 aromatic carbocycles. The molecule has 2 rings (SSSR count). The molecule has 6 heteroatoms. The summed E-state index contributed by atoms with van der Waals surface area (Å²) >= 11 is 1.55. The predicted molar refractivity (Wildman–Crippen MR) is 71.5 cm³/mol. The fraction of sp³-hybridized carbons (Fsp3) is 0.417. The van der Waals surface area contributed by atoms with Crippen molar-refractivity contribution in [3.63, 3.8) is 0 Å². The van der Waals surface area contributed by atoms with E-state index in [0.29, 0.717) is 0 Å². The second-order valence-electron chi connectivity index (χ2n) is 3.94. The Kier molecular flexibility index (Phi) is 4.33. The molecule has 0 amide bonds. The number of hydrogen-bond acceptors (Lipinski definition) is 5. The largest absolute Gasteiger partial charge is 0.313 e. The van der Waals surface area contributed by atoms with Gasteiger partial charge in [-0.2, -0.15) is 0 Å². The van der Waals surface area contributed by atoms with Crippen molar-refractivity contribution in [3.05, 3.63) is 29.7 Å². The molecule has 0 aliphatic heterocycles. The maximum absolute atomic E-state index is 4.42. The first-order valence-corrected chi connectivity index (χ1v) is 6.72. The highest BCUT2D eigenvalue weighted by molar-refractivity contribution is 7.99. The molecule has 0 fully saturated rings. The SMILES string of the molecule is CCNCc1cccnc1Sc1nnc(C)n1C. The number of hydrogen-bond donors (Lipinski definition) is 1. The van der Waals surface area contributed by atoms with Gasteiger partial charge >= 0.3 is 0 Å².